The van der Waals surface area contributed by atoms with Crippen LogP contribution >= 0.6 is 17.0 Å². The van der Waals surface area contributed by atoms with E-state index in [1.807, 2.05) is 12.3 Å². The van der Waals surface area contributed by atoms with Gasteiger partial charge in [-0.2, -0.15) is 0 Å². The molecule has 0 saturated heterocycles. The fourth-order valence-corrected chi connectivity index (χ4v) is 6.10. The van der Waals surface area contributed by atoms with Crippen LogP contribution in [0.3, 0.4) is 0 Å². The number of aliphatic imine (C=N–C) groups is 1. The van der Waals surface area contributed by atoms with Crippen LogP contribution in [0.2, 0.25) is 0 Å². The Morgan fingerprint density at radius 2 is 1.75 bits per heavy atom. The van der Waals surface area contributed by atoms with E-state index < -0.39 is 20.8 Å². The van der Waals surface area contributed by atoms with Gasteiger partial charge in [0, 0.05) is 23.9 Å². The first kappa shape index (κ1) is 22.6. The molecule has 28 heavy (non-hydrogen) atoms. The van der Waals surface area contributed by atoms with Crippen molar-refractivity contribution >= 4 is 23.2 Å². The number of phenols is 1. The van der Waals surface area contributed by atoms with E-state index in [4.69, 9.17) is 21.8 Å². The molecule has 1 N–H and O–H groups in total. The minimum absolute atomic E-state index is 0.166. The maximum absolute atomic E-state index is 11.1. The quantitative estimate of drug-likeness (QED) is 0.357. The van der Waals surface area contributed by atoms with Crippen molar-refractivity contribution in [1.82, 2.24) is 0 Å². The average Bonchev–Trinajstić information content (AvgIpc) is 2.66. The molecular weight excluding hydrogens is 472 g/mol. The van der Waals surface area contributed by atoms with E-state index in [0.717, 1.165) is 54.0 Å². The van der Waals surface area contributed by atoms with E-state index in [9.17, 15) is 5.11 Å². The molecule has 4 aliphatic carbocycles. The van der Waals surface area contributed by atoms with Crippen LogP contribution in [0.15, 0.2) is 17.1 Å². The van der Waals surface area contributed by atoms with Crippen molar-refractivity contribution in [2.75, 3.05) is 13.7 Å². The summed E-state index contributed by atoms with van der Waals surface area (Å²) in [7, 11) is 11.6. The summed E-state index contributed by atoms with van der Waals surface area (Å²) in [4.78, 5) is 4.51. The summed E-state index contributed by atoms with van der Waals surface area (Å²) in [5.74, 6) is 3.87. The van der Waals surface area contributed by atoms with Gasteiger partial charge in [-0.3, -0.25) is 4.99 Å². The van der Waals surface area contributed by atoms with Gasteiger partial charge >= 0.3 is 37.9 Å². The molecule has 4 aliphatic rings. The molecule has 0 aromatic heterocycles. The van der Waals surface area contributed by atoms with Crippen LogP contribution in [0.1, 0.15) is 69.4 Å². The summed E-state index contributed by atoms with van der Waals surface area (Å²) in [6, 6.07) is 4.03. The third kappa shape index (κ3) is 4.98. The van der Waals surface area contributed by atoms with Crippen molar-refractivity contribution in [3.8, 4) is 11.5 Å². The number of hydrogen-bond donors (Lipinski definition) is 1. The van der Waals surface area contributed by atoms with Crippen LogP contribution in [-0.2, 0) is 26.3 Å². The summed E-state index contributed by atoms with van der Waals surface area (Å²) in [6.45, 7) is 2.99. The molecule has 0 unspecified atom stereocenters. The first-order valence-corrected chi connectivity index (χ1v) is 16.8. The molecule has 154 valence electrons. The molecule has 4 fully saturated rings. The van der Waals surface area contributed by atoms with E-state index in [0.29, 0.717) is 5.75 Å². The zero-order chi connectivity index (χ0) is 20.1. The first-order chi connectivity index (χ1) is 13.5. The Morgan fingerprint density at radius 1 is 1.18 bits per heavy atom. The molecular formula is C22H31Cl2NO2Zr. The fraction of sp³-hybridized carbons (Fsp3) is 0.682. The second kappa shape index (κ2) is 10.3. The summed E-state index contributed by atoms with van der Waals surface area (Å²) < 4.78 is 5.57. The average molecular weight is 504 g/mol. The molecule has 0 aliphatic heterocycles. The van der Waals surface area contributed by atoms with Gasteiger partial charge in [-0.05, 0) is 80.2 Å². The number of methoxy groups -OCH3 is 1. The van der Waals surface area contributed by atoms with Crippen molar-refractivity contribution < 1.29 is 30.7 Å². The summed E-state index contributed by atoms with van der Waals surface area (Å²) in [5.41, 5.74) is 2.11. The van der Waals surface area contributed by atoms with Gasteiger partial charge in [-0.25, -0.2) is 0 Å². The maximum atomic E-state index is 11.1. The van der Waals surface area contributed by atoms with Gasteiger partial charge in [-0.15, -0.1) is 0 Å². The third-order valence-corrected chi connectivity index (χ3v) is 6.83. The molecule has 1 aromatic rings. The zero-order valence-corrected chi connectivity index (χ0v) is 20.9. The van der Waals surface area contributed by atoms with Gasteiger partial charge in [0.05, 0.1) is 7.11 Å². The molecule has 0 amide bonds. The number of halogens is 2. The van der Waals surface area contributed by atoms with E-state index >= 15 is 0 Å². The Balaban J connectivity index is 0.000000706. The standard InChI is InChI=1S/C22H31NO2.2ClH.Zr/c1-3-4-5-23-14-18-9-19(25-2)10-20(21(18)24)22-11-15-6-16(12-22)8-17(7-15)13-22;;;/h9-10,14-17,24H,3-8,11-13H2,1-2H3;2*1H;/q;;;+2/p-2. The predicted octanol–water partition coefficient (Wildman–Crippen LogP) is 6.46. The van der Waals surface area contributed by atoms with E-state index in [2.05, 4.69) is 18.0 Å². The second-order valence-corrected chi connectivity index (χ2v) is 12.5. The zero-order valence-electron chi connectivity index (χ0n) is 16.9. The Kier molecular flexibility index (Phi) is 8.34. The van der Waals surface area contributed by atoms with Gasteiger partial charge in [0.25, 0.3) is 0 Å². The van der Waals surface area contributed by atoms with Crippen molar-refractivity contribution in [1.29, 1.82) is 0 Å². The Morgan fingerprint density at radius 3 is 2.25 bits per heavy atom. The molecule has 0 spiro atoms. The third-order valence-electron chi connectivity index (χ3n) is 6.83. The number of aromatic hydroxyl groups is 1. The van der Waals surface area contributed by atoms with Crippen LogP contribution in [-0.4, -0.2) is 25.0 Å². The van der Waals surface area contributed by atoms with Gasteiger partial charge in [0.15, 0.2) is 0 Å². The van der Waals surface area contributed by atoms with Gasteiger partial charge < -0.3 is 9.84 Å². The molecule has 5 rings (SSSR count). The summed E-state index contributed by atoms with van der Waals surface area (Å²) >= 11 is -0.826. The topological polar surface area (TPSA) is 41.8 Å². The molecule has 4 saturated carbocycles. The number of benzene rings is 1. The Hall–Kier alpha value is -0.0469. The number of ether oxygens (including phenoxy) is 1. The Bertz CT molecular complexity index is 660. The van der Waals surface area contributed by atoms with Crippen LogP contribution < -0.4 is 4.74 Å². The first-order valence-electron chi connectivity index (χ1n) is 10.4. The van der Waals surface area contributed by atoms with Crippen molar-refractivity contribution in [3.05, 3.63) is 23.3 Å². The van der Waals surface area contributed by atoms with Crippen LogP contribution in [0.4, 0.5) is 0 Å². The monoisotopic (exact) mass is 501 g/mol. The van der Waals surface area contributed by atoms with Crippen molar-refractivity contribution in [2.45, 2.75) is 63.7 Å². The molecule has 0 radical (unpaired) electrons. The second-order valence-electron chi connectivity index (χ2n) is 8.77. The number of unbranched alkanes of at least 4 members (excludes halogenated alkanes) is 1. The number of phenolic OH excluding ortho intramolecular Hbond substituents is 1. The number of rotatable bonds is 6. The van der Waals surface area contributed by atoms with Crippen LogP contribution in [0.25, 0.3) is 0 Å². The predicted molar refractivity (Wildman–Crippen MR) is 114 cm³/mol. The summed E-state index contributed by atoms with van der Waals surface area (Å²) in [5, 5.41) is 11.1. The fourth-order valence-electron chi connectivity index (χ4n) is 6.10. The van der Waals surface area contributed by atoms with Crippen molar-refractivity contribution in [2.24, 2.45) is 22.7 Å². The normalized spacial score (nSPS) is 30.2. The SMILES string of the molecule is CCCCN=Cc1cc(OC)cc(C23CC4CC(CC(C4)C2)C3)c1O.[Cl][Zr][Cl]. The van der Waals surface area contributed by atoms with E-state index in [-0.39, 0.29) is 5.41 Å². The molecule has 1 aromatic carbocycles. The van der Waals surface area contributed by atoms with Gasteiger partial charge in [0.1, 0.15) is 11.5 Å². The van der Waals surface area contributed by atoms with Gasteiger partial charge in [0.2, 0.25) is 0 Å². The van der Waals surface area contributed by atoms with Crippen LogP contribution in [0.5, 0.6) is 11.5 Å². The molecule has 0 atom stereocenters. The van der Waals surface area contributed by atoms with E-state index in [1.165, 1.54) is 38.5 Å². The van der Waals surface area contributed by atoms with E-state index in [1.54, 1.807) is 7.11 Å². The van der Waals surface area contributed by atoms with Crippen LogP contribution in [0, 0.1) is 17.8 Å². The summed E-state index contributed by atoms with van der Waals surface area (Å²) in [6.07, 6.45) is 12.0. The Labute approximate surface area is 187 Å². The van der Waals surface area contributed by atoms with Crippen molar-refractivity contribution in [3.63, 3.8) is 0 Å². The number of hydrogen-bond acceptors (Lipinski definition) is 3. The minimum atomic E-state index is -0.826. The number of nitrogens with zero attached hydrogens (tertiary/aromatic N) is 1. The molecule has 6 heteroatoms. The van der Waals surface area contributed by atoms with Gasteiger partial charge in [-0.1, -0.05) is 13.3 Å². The molecule has 3 nitrogen and oxygen atoms in total. The molecule has 4 bridgehead atoms. The molecule has 0 heterocycles.